The molecule has 0 saturated carbocycles. The quantitative estimate of drug-likeness (QED) is 0.893. The first-order valence-corrected chi connectivity index (χ1v) is 7.58. The Morgan fingerprint density at radius 3 is 2.21 bits per heavy atom. The lowest BCUT2D eigenvalue weighted by atomic mass is 10.2. The molecule has 0 saturated heterocycles. The number of anilines is 1. The van der Waals surface area contributed by atoms with Gasteiger partial charge in [-0.15, -0.1) is 0 Å². The number of hydrogen-bond donors (Lipinski definition) is 1. The molecule has 1 atom stereocenters. The molecule has 1 aromatic carbocycles. The molecule has 7 nitrogen and oxygen atoms in total. The summed E-state index contributed by atoms with van der Waals surface area (Å²) in [5.74, 6) is 0.803. The zero-order chi connectivity index (χ0) is 18.5. The fourth-order valence-corrected chi connectivity index (χ4v) is 2.00. The van der Waals surface area contributed by atoms with E-state index in [1.54, 1.807) is 60.1 Å². The molecule has 1 unspecified atom stereocenters. The summed E-state index contributed by atoms with van der Waals surface area (Å²) in [4.78, 5) is 25.7. The van der Waals surface area contributed by atoms with Crippen molar-refractivity contribution >= 4 is 17.7 Å². The van der Waals surface area contributed by atoms with Crippen LogP contribution in [0.4, 0.5) is 10.5 Å². The molecule has 0 aliphatic heterocycles. The molecule has 0 aliphatic carbocycles. The Balaban J connectivity index is 2.81. The van der Waals surface area contributed by atoms with E-state index >= 15 is 0 Å². The van der Waals surface area contributed by atoms with Gasteiger partial charge in [-0.1, -0.05) is 0 Å². The average Bonchev–Trinajstić information content (AvgIpc) is 2.50. The second-order valence-corrected chi connectivity index (χ2v) is 6.30. The maximum atomic E-state index is 12.5. The lowest BCUT2D eigenvalue weighted by molar-refractivity contribution is -0.120. The molecule has 1 aromatic rings. The van der Waals surface area contributed by atoms with E-state index in [4.69, 9.17) is 14.2 Å². The van der Waals surface area contributed by atoms with E-state index in [-0.39, 0.29) is 5.91 Å². The molecule has 0 bridgehead atoms. The summed E-state index contributed by atoms with van der Waals surface area (Å²) in [6, 6.07) is 4.40. The molecule has 24 heavy (non-hydrogen) atoms. The van der Waals surface area contributed by atoms with E-state index in [2.05, 4.69) is 5.32 Å². The Labute approximate surface area is 142 Å². The molecule has 0 fully saturated rings. The SMILES string of the molecule is COc1ccc(N(C)C(=O)C(C)NC(=O)OC(C)(C)C)cc1OC. The Morgan fingerprint density at radius 1 is 1.12 bits per heavy atom. The molecule has 0 aromatic heterocycles. The van der Waals surface area contributed by atoms with Crippen molar-refractivity contribution in [3.05, 3.63) is 18.2 Å². The zero-order valence-corrected chi connectivity index (χ0v) is 15.3. The van der Waals surface area contributed by atoms with Crippen LogP contribution in [0.15, 0.2) is 18.2 Å². The van der Waals surface area contributed by atoms with Crippen molar-refractivity contribution < 1.29 is 23.8 Å². The van der Waals surface area contributed by atoms with Crippen molar-refractivity contribution in [2.75, 3.05) is 26.2 Å². The van der Waals surface area contributed by atoms with Gasteiger partial charge in [0.2, 0.25) is 5.91 Å². The minimum atomic E-state index is -0.738. The van der Waals surface area contributed by atoms with Crippen molar-refractivity contribution in [1.82, 2.24) is 5.32 Å². The van der Waals surface area contributed by atoms with Crippen LogP contribution in [0.25, 0.3) is 0 Å². The predicted molar refractivity (Wildman–Crippen MR) is 91.8 cm³/mol. The Morgan fingerprint density at radius 2 is 1.71 bits per heavy atom. The summed E-state index contributed by atoms with van der Waals surface area (Å²) in [5.41, 5.74) is -0.00209. The van der Waals surface area contributed by atoms with Crippen LogP contribution in [0.3, 0.4) is 0 Å². The van der Waals surface area contributed by atoms with Crippen LogP contribution >= 0.6 is 0 Å². The summed E-state index contributed by atoms with van der Waals surface area (Å²) in [7, 11) is 4.69. The Hall–Kier alpha value is -2.44. The maximum Gasteiger partial charge on any atom is 0.408 e. The van der Waals surface area contributed by atoms with Gasteiger partial charge in [0.05, 0.1) is 14.2 Å². The summed E-state index contributed by atoms with van der Waals surface area (Å²) >= 11 is 0. The van der Waals surface area contributed by atoms with Crippen molar-refractivity contribution in [3.8, 4) is 11.5 Å². The van der Waals surface area contributed by atoms with Gasteiger partial charge in [-0.25, -0.2) is 4.79 Å². The number of methoxy groups -OCH3 is 2. The van der Waals surface area contributed by atoms with Gasteiger partial charge in [0.15, 0.2) is 11.5 Å². The molecule has 1 N–H and O–H groups in total. The number of hydrogen-bond acceptors (Lipinski definition) is 5. The first-order valence-electron chi connectivity index (χ1n) is 7.58. The van der Waals surface area contributed by atoms with Gasteiger partial charge in [0.25, 0.3) is 0 Å². The Bertz CT molecular complexity index is 595. The van der Waals surface area contributed by atoms with Gasteiger partial charge in [0, 0.05) is 18.8 Å². The lowest BCUT2D eigenvalue weighted by Crippen LogP contribution is -2.47. The fourth-order valence-electron chi connectivity index (χ4n) is 2.00. The highest BCUT2D eigenvalue weighted by atomic mass is 16.6. The van der Waals surface area contributed by atoms with Crippen LogP contribution in [0.2, 0.25) is 0 Å². The van der Waals surface area contributed by atoms with Gasteiger partial charge in [-0.2, -0.15) is 0 Å². The number of carbonyl (C=O) groups is 2. The van der Waals surface area contributed by atoms with Crippen LogP contribution in [-0.4, -0.2) is 44.9 Å². The molecule has 2 amide bonds. The van der Waals surface area contributed by atoms with Crippen LogP contribution in [0, 0.1) is 0 Å². The first kappa shape index (κ1) is 19.6. The van der Waals surface area contributed by atoms with Crippen molar-refractivity contribution in [2.45, 2.75) is 39.3 Å². The second kappa shape index (κ2) is 7.90. The molecule has 0 aliphatic rings. The summed E-state index contributed by atoms with van der Waals surface area (Å²) in [6.07, 6.45) is -0.635. The molecule has 0 radical (unpaired) electrons. The molecular formula is C17H26N2O5. The Kier molecular flexibility index (Phi) is 6.45. The largest absolute Gasteiger partial charge is 0.493 e. The monoisotopic (exact) mass is 338 g/mol. The summed E-state index contributed by atoms with van der Waals surface area (Å²) < 4.78 is 15.6. The minimum Gasteiger partial charge on any atom is -0.493 e. The normalized spacial score (nSPS) is 12.1. The number of amides is 2. The highest BCUT2D eigenvalue weighted by Gasteiger charge is 2.24. The second-order valence-electron chi connectivity index (χ2n) is 6.30. The van der Waals surface area contributed by atoms with Crippen molar-refractivity contribution in [3.63, 3.8) is 0 Å². The standard InChI is InChI=1S/C17H26N2O5/c1-11(18-16(21)24-17(2,3)4)15(20)19(5)12-8-9-13(22-6)14(10-12)23-7/h8-11H,1-7H3,(H,18,21). The highest BCUT2D eigenvalue weighted by Crippen LogP contribution is 2.31. The van der Waals surface area contributed by atoms with Gasteiger partial charge in [0.1, 0.15) is 11.6 Å². The van der Waals surface area contributed by atoms with Crippen LogP contribution in [0.1, 0.15) is 27.7 Å². The van der Waals surface area contributed by atoms with Crippen LogP contribution < -0.4 is 19.7 Å². The van der Waals surface area contributed by atoms with Crippen molar-refractivity contribution in [1.29, 1.82) is 0 Å². The van der Waals surface area contributed by atoms with E-state index in [0.717, 1.165) is 0 Å². The van der Waals surface area contributed by atoms with E-state index in [0.29, 0.717) is 17.2 Å². The van der Waals surface area contributed by atoms with Gasteiger partial charge < -0.3 is 24.4 Å². The average molecular weight is 338 g/mol. The van der Waals surface area contributed by atoms with Gasteiger partial charge >= 0.3 is 6.09 Å². The predicted octanol–water partition coefficient (Wildman–Crippen LogP) is 2.58. The molecule has 1 rings (SSSR count). The van der Waals surface area contributed by atoms with E-state index in [1.807, 2.05) is 0 Å². The molecule has 0 heterocycles. The highest BCUT2D eigenvalue weighted by molar-refractivity contribution is 5.98. The molecule has 0 spiro atoms. The van der Waals surface area contributed by atoms with Crippen molar-refractivity contribution in [2.24, 2.45) is 0 Å². The number of benzene rings is 1. The first-order chi connectivity index (χ1) is 11.1. The molecular weight excluding hydrogens is 312 g/mol. The number of alkyl carbamates (subject to hydrolysis) is 1. The lowest BCUT2D eigenvalue weighted by Gasteiger charge is -2.25. The van der Waals surface area contributed by atoms with Gasteiger partial charge in [-0.3, -0.25) is 4.79 Å². The third-order valence-corrected chi connectivity index (χ3v) is 3.19. The summed E-state index contributed by atoms with van der Waals surface area (Å²) in [6.45, 7) is 6.88. The van der Waals surface area contributed by atoms with Crippen LogP contribution in [0.5, 0.6) is 11.5 Å². The van der Waals surface area contributed by atoms with Gasteiger partial charge in [-0.05, 0) is 39.8 Å². The number of nitrogens with one attached hydrogen (secondary N) is 1. The molecule has 134 valence electrons. The number of likely N-dealkylation sites (N-methyl/N-ethyl adjacent to an activating group) is 1. The minimum absolute atomic E-state index is 0.284. The number of rotatable bonds is 5. The van der Waals surface area contributed by atoms with Crippen LogP contribution in [-0.2, 0) is 9.53 Å². The number of ether oxygens (including phenoxy) is 3. The van der Waals surface area contributed by atoms with E-state index < -0.39 is 17.7 Å². The number of carbonyl (C=O) groups excluding carboxylic acids is 2. The smallest absolute Gasteiger partial charge is 0.408 e. The number of nitrogens with zero attached hydrogens (tertiary/aromatic N) is 1. The molecule has 7 heteroatoms. The van der Waals surface area contributed by atoms with E-state index in [9.17, 15) is 9.59 Å². The summed E-state index contributed by atoms with van der Waals surface area (Å²) in [5, 5.41) is 2.53. The fraction of sp³-hybridized carbons (Fsp3) is 0.529. The third kappa shape index (κ3) is 5.33. The topological polar surface area (TPSA) is 77.1 Å². The maximum absolute atomic E-state index is 12.5. The zero-order valence-electron chi connectivity index (χ0n) is 15.3. The third-order valence-electron chi connectivity index (χ3n) is 3.19. The van der Waals surface area contributed by atoms with E-state index in [1.165, 1.54) is 12.0 Å².